The van der Waals surface area contributed by atoms with Gasteiger partial charge in [0.05, 0.1) is 0 Å². The average molecular weight is 280 g/mol. The zero-order valence-electron chi connectivity index (χ0n) is 11.8. The van der Waals surface area contributed by atoms with Crippen molar-refractivity contribution in [1.82, 2.24) is 5.32 Å². The molecule has 1 aromatic carbocycles. The largest absolute Gasteiger partial charge is 0.354 e. The van der Waals surface area contributed by atoms with Gasteiger partial charge in [0, 0.05) is 6.54 Å². The van der Waals surface area contributed by atoms with Gasteiger partial charge in [0.1, 0.15) is 5.54 Å². The Kier molecular flexibility index (Phi) is 6.95. The summed E-state index contributed by atoms with van der Waals surface area (Å²) in [7, 11) is 0. The van der Waals surface area contributed by atoms with Crippen molar-refractivity contribution in [3.8, 4) is 0 Å². The minimum atomic E-state index is -0.958. The maximum Gasteiger partial charge on any atom is 0.244 e. The molecule has 0 aliphatic heterocycles. The Labute approximate surface area is 120 Å². The molecule has 0 radical (unpaired) electrons. The summed E-state index contributed by atoms with van der Waals surface area (Å²) in [6, 6.07) is 9.49. The topological polar surface area (TPSA) is 55.1 Å². The maximum absolute atomic E-state index is 12.1. The molecule has 1 aromatic rings. The normalized spacial score (nSPS) is 13.8. The number of thioether (sulfide) groups is 1. The molecule has 0 bridgehead atoms. The first kappa shape index (κ1) is 16.1. The second-order valence-corrected chi connectivity index (χ2v) is 5.86. The van der Waals surface area contributed by atoms with E-state index >= 15 is 0 Å². The van der Waals surface area contributed by atoms with Crippen LogP contribution in [0.15, 0.2) is 30.3 Å². The number of nitrogens with one attached hydrogen (secondary N) is 1. The molecule has 1 rings (SSSR count). The van der Waals surface area contributed by atoms with E-state index in [0.29, 0.717) is 6.54 Å². The summed E-state index contributed by atoms with van der Waals surface area (Å²) in [6.07, 6.45) is 5.47. The Morgan fingerprint density at radius 1 is 1.26 bits per heavy atom. The Balaban J connectivity index is 2.36. The van der Waals surface area contributed by atoms with Crippen molar-refractivity contribution in [1.29, 1.82) is 0 Å². The van der Waals surface area contributed by atoms with Crippen molar-refractivity contribution in [3.63, 3.8) is 0 Å². The van der Waals surface area contributed by atoms with Gasteiger partial charge in [-0.25, -0.2) is 0 Å². The lowest BCUT2D eigenvalue weighted by Gasteiger charge is -2.24. The minimum Gasteiger partial charge on any atom is -0.354 e. The van der Waals surface area contributed by atoms with E-state index in [1.807, 2.05) is 42.1 Å². The summed E-state index contributed by atoms with van der Waals surface area (Å²) < 4.78 is 0. The molecule has 0 heterocycles. The maximum atomic E-state index is 12.1. The van der Waals surface area contributed by atoms with Crippen LogP contribution in [0, 0.1) is 0 Å². The van der Waals surface area contributed by atoms with Crippen LogP contribution >= 0.6 is 11.8 Å². The van der Waals surface area contributed by atoms with Crippen molar-refractivity contribution in [2.24, 2.45) is 5.73 Å². The monoisotopic (exact) mass is 280 g/mol. The number of rotatable bonds is 8. The summed E-state index contributed by atoms with van der Waals surface area (Å²) in [4.78, 5) is 12.1. The molecule has 19 heavy (non-hydrogen) atoms. The van der Waals surface area contributed by atoms with E-state index in [9.17, 15) is 4.79 Å². The fourth-order valence-corrected chi connectivity index (χ4v) is 2.34. The van der Waals surface area contributed by atoms with Gasteiger partial charge in [-0.1, -0.05) is 36.8 Å². The van der Waals surface area contributed by atoms with Crippen LogP contribution in [-0.2, 0) is 10.3 Å². The van der Waals surface area contributed by atoms with Crippen LogP contribution in [0.5, 0.6) is 0 Å². The molecule has 106 valence electrons. The highest BCUT2D eigenvalue weighted by Gasteiger charge is 2.29. The van der Waals surface area contributed by atoms with E-state index in [0.717, 1.165) is 18.4 Å². The van der Waals surface area contributed by atoms with Gasteiger partial charge in [-0.15, -0.1) is 0 Å². The summed E-state index contributed by atoms with van der Waals surface area (Å²) in [5.41, 5.74) is 6.01. The van der Waals surface area contributed by atoms with Crippen LogP contribution in [0.1, 0.15) is 31.7 Å². The van der Waals surface area contributed by atoms with Gasteiger partial charge in [-0.2, -0.15) is 11.8 Å². The lowest BCUT2D eigenvalue weighted by molar-refractivity contribution is -0.126. The van der Waals surface area contributed by atoms with Gasteiger partial charge < -0.3 is 11.1 Å². The molecule has 0 aliphatic rings. The molecule has 0 fully saturated rings. The Morgan fingerprint density at radius 3 is 2.58 bits per heavy atom. The molecule has 0 aromatic heterocycles. The molecule has 4 heteroatoms. The molecule has 0 spiro atoms. The third-order valence-electron chi connectivity index (χ3n) is 3.16. The van der Waals surface area contributed by atoms with Crippen molar-refractivity contribution < 1.29 is 4.79 Å². The lowest BCUT2D eigenvalue weighted by atomic mass is 9.92. The number of unbranched alkanes of at least 4 members (excludes halogenated alkanes) is 2. The molecular weight excluding hydrogens is 256 g/mol. The van der Waals surface area contributed by atoms with Crippen LogP contribution in [0.2, 0.25) is 0 Å². The fourth-order valence-electron chi connectivity index (χ4n) is 1.85. The molecule has 1 unspecified atom stereocenters. The van der Waals surface area contributed by atoms with E-state index in [-0.39, 0.29) is 5.91 Å². The second kappa shape index (κ2) is 8.23. The number of nitrogens with two attached hydrogens (primary N) is 1. The first-order chi connectivity index (χ1) is 9.09. The zero-order valence-corrected chi connectivity index (χ0v) is 12.6. The van der Waals surface area contributed by atoms with Gasteiger partial charge in [0.25, 0.3) is 0 Å². The lowest BCUT2D eigenvalue weighted by Crippen LogP contribution is -2.49. The van der Waals surface area contributed by atoms with E-state index in [2.05, 4.69) is 11.6 Å². The average Bonchev–Trinajstić information content (AvgIpc) is 2.43. The highest BCUT2D eigenvalue weighted by Crippen LogP contribution is 2.17. The summed E-state index contributed by atoms with van der Waals surface area (Å²) in [5, 5.41) is 2.93. The predicted molar refractivity (Wildman–Crippen MR) is 83.2 cm³/mol. The van der Waals surface area contributed by atoms with E-state index < -0.39 is 5.54 Å². The van der Waals surface area contributed by atoms with E-state index in [1.165, 1.54) is 12.2 Å². The summed E-state index contributed by atoms with van der Waals surface area (Å²) in [5.74, 6) is 1.08. The third kappa shape index (κ3) is 5.25. The number of benzene rings is 1. The summed E-state index contributed by atoms with van der Waals surface area (Å²) in [6.45, 7) is 2.46. The third-order valence-corrected chi connectivity index (χ3v) is 3.85. The van der Waals surface area contributed by atoms with Crippen LogP contribution < -0.4 is 11.1 Å². The molecule has 3 nitrogen and oxygen atoms in total. The number of carbonyl (C=O) groups excluding carboxylic acids is 1. The number of hydrogen-bond acceptors (Lipinski definition) is 3. The number of amides is 1. The first-order valence-corrected chi connectivity index (χ1v) is 8.10. The van der Waals surface area contributed by atoms with Crippen molar-refractivity contribution >= 4 is 17.7 Å². The molecule has 0 aliphatic carbocycles. The SMILES string of the molecule is CSCCCCCNC(=O)C(C)(N)c1ccccc1. The molecule has 1 atom stereocenters. The zero-order chi connectivity index (χ0) is 14.1. The summed E-state index contributed by atoms with van der Waals surface area (Å²) >= 11 is 1.86. The molecule has 0 saturated carbocycles. The minimum absolute atomic E-state index is 0.108. The van der Waals surface area contributed by atoms with Crippen molar-refractivity contribution in [2.75, 3.05) is 18.6 Å². The van der Waals surface area contributed by atoms with Crippen molar-refractivity contribution in [2.45, 2.75) is 31.7 Å². The van der Waals surface area contributed by atoms with Crippen LogP contribution in [0.3, 0.4) is 0 Å². The van der Waals surface area contributed by atoms with Crippen LogP contribution in [0.25, 0.3) is 0 Å². The Morgan fingerprint density at radius 2 is 1.95 bits per heavy atom. The predicted octanol–water partition coefficient (Wildman–Crippen LogP) is 2.51. The molecule has 0 saturated heterocycles. The smallest absolute Gasteiger partial charge is 0.244 e. The molecule has 1 amide bonds. The fraction of sp³-hybridized carbons (Fsp3) is 0.533. The Bertz CT molecular complexity index is 379. The van der Waals surface area contributed by atoms with Gasteiger partial charge >= 0.3 is 0 Å². The highest BCUT2D eigenvalue weighted by molar-refractivity contribution is 7.98. The quantitative estimate of drug-likeness (QED) is 0.719. The Hall–Kier alpha value is -1.00. The highest BCUT2D eigenvalue weighted by atomic mass is 32.2. The van der Waals surface area contributed by atoms with Crippen molar-refractivity contribution in [3.05, 3.63) is 35.9 Å². The van der Waals surface area contributed by atoms with E-state index in [1.54, 1.807) is 6.92 Å². The van der Waals surface area contributed by atoms with Crippen LogP contribution in [-0.4, -0.2) is 24.5 Å². The number of carbonyl (C=O) groups is 1. The van der Waals surface area contributed by atoms with Gasteiger partial charge in [0.2, 0.25) is 5.91 Å². The standard InChI is InChI=1S/C15H24N2OS/c1-15(16,13-9-5-3-6-10-13)14(18)17-11-7-4-8-12-19-2/h3,5-6,9-10H,4,7-8,11-12,16H2,1-2H3,(H,17,18). The second-order valence-electron chi connectivity index (χ2n) is 4.88. The van der Waals surface area contributed by atoms with Gasteiger partial charge in [-0.05, 0) is 37.3 Å². The van der Waals surface area contributed by atoms with Gasteiger partial charge in [0.15, 0.2) is 0 Å². The molecular formula is C15H24N2OS. The molecule has 3 N–H and O–H groups in total. The van der Waals surface area contributed by atoms with E-state index in [4.69, 9.17) is 5.73 Å². The van der Waals surface area contributed by atoms with Crippen LogP contribution in [0.4, 0.5) is 0 Å². The first-order valence-electron chi connectivity index (χ1n) is 6.70. The number of hydrogen-bond donors (Lipinski definition) is 2. The van der Waals surface area contributed by atoms with Gasteiger partial charge in [-0.3, -0.25) is 4.79 Å².